The summed E-state index contributed by atoms with van der Waals surface area (Å²) in [6.45, 7) is 4.06. The van der Waals surface area contributed by atoms with Crippen LogP contribution in [-0.2, 0) is 11.2 Å². The van der Waals surface area contributed by atoms with Gasteiger partial charge < -0.3 is 10.6 Å². The number of halogens is 1. The largest absolute Gasteiger partial charge is 0.339 e. The van der Waals surface area contributed by atoms with Crippen LogP contribution < -0.4 is 10.6 Å². The third-order valence-corrected chi connectivity index (χ3v) is 6.06. The van der Waals surface area contributed by atoms with Gasteiger partial charge >= 0.3 is 0 Å². The van der Waals surface area contributed by atoms with Gasteiger partial charge in [0.2, 0.25) is 5.91 Å². The summed E-state index contributed by atoms with van der Waals surface area (Å²) >= 11 is 0. The van der Waals surface area contributed by atoms with Gasteiger partial charge in [-0.3, -0.25) is 9.48 Å². The van der Waals surface area contributed by atoms with Crippen molar-refractivity contribution in [3.63, 3.8) is 0 Å². The summed E-state index contributed by atoms with van der Waals surface area (Å²) in [5, 5.41) is 19.9. The molecule has 4 rings (SSSR count). The van der Waals surface area contributed by atoms with E-state index in [9.17, 15) is 14.4 Å². The number of piperidine rings is 1. The minimum absolute atomic E-state index is 0.139. The summed E-state index contributed by atoms with van der Waals surface area (Å²) in [5.74, 6) is -0.184. The fourth-order valence-corrected chi connectivity index (χ4v) is 4.42. The lowest BCUT2D eigenvalue weighted by molar-refractivity contribution is -0.124. The molecule has 1 aromatic carbocycles. The number of nitrogens with one attached hydrogen (secondary N) is 2. The Bertz CT molecular complexity index is 947. The van der Waals surface area contributed by atoms with Gasteiger partial charge in [0.15, 0.2) is 0 Å². The minimum Gasteiger partial charge on any atom is -0.339 e. The van der Waals surface area contributed by atoms with Crippen LogP contribution in [0.1, 0.15) is 44.7 Å². The number of carbonyl (C=O) groups is 1. The van der Waals surface area contributed by atoms with Gasteiger partial charge in [-0.25, -0.2) is 4.39 Å². The summed E-state index contributed by atoms with van der Waals surface area (Å²) in [6, 6.07) is 6.74. The van der Waals surface area contributed by atoms with Crippen LogP contribution in [0.5, 0.6) is 0 Å². The van der Waals surface area contributed by atoms with Gasteiger partial charge in [0, 0.05) is 30.3 Å². The number of amides is 1. The van der Waals surface area contributed by atoms with Crippen molar-refractivity contribution < 1.29 is 9.18 Å². The number of hydrogen-bond donors (Lipinski definition) is 2. The van der Waals surface area contributed by atoms with Crippen molar-refractivity contribution in [1.82, 2.24) is 20.4 Å². The number of fused-ring (bicyclic) bond motifs is 2. The first-order chi connectivity index (χ1) is 13.9. The average molecular weight is 395 g/mol. The van der Waals surface area contributed by atoms with Crippen molar-refractivity contribution in [2.24, 2.45) is 5.92 Å². The molecule has 2 bridgehead atoms. The van der Waals surface area contributed by atoms with Crippen LogP contribution in [0.3, 0.4) is 0 Å². The van der Waals surface area contributed by atoms with E-state index in [0.717, 1.165) is 30.4 Å². The highest BCUT2D eigenvalue weighted by molar-refractivity contribution is 5.83. The molecule has 1 saturated heterocycles. The Labute approximate surface area is 170 Å². The molecule has 1 aromatic heterocycles. The highest BCUT2D eigenvalue weighted by Gasteiger charge is 2.43. The van der Waals surface area contributed by atoms with Crippen molar-refractivity contribution in [2.45, 2.75) is 63.7 Å². The third kappa shape index (κ3) is 4.03. The molecule has 2 aliphatic rings. The second-order valence-corrected chi connectivity index (χ2v) is 8.42. The van der Waals surface area contributed by atoms with E-state index in [-0.39, 0.29) is 30.2 Å². The number of nitriles is 1. The maximum absolute atomic E-state index is 14.7. The van der Waals surface area contributed by atoms with Crippen LogP contribution in [0.15, 0.2) is 30.6 Å². The van der Waals surface area contributed by atoms with Crippen molar-refractivity contribution >= 4 is 5.91 Å². The molecule has 2 aromatic rings. The average Bonchev–Trinajstić information content (AvgIpc) is 3.45. The van der Waals surface area contributed by atoms with Gasteiger partial charge in [-0.05, 0) is 56.2 Å². The first kappa shape index (κ1) is 19.6. The van der Waals surface area contributed by atoms with E-state index in [1.807, 2.05) is 30.8 Å². The molecule has 1 amide bonds. The maximum atomic E-state index is 14.7. The SMILES string of the molecule is CC(C)n1cc(-c2ccc(CC(C#N)NC(=O)[C@H]3N[C@@H]4CCC3C4)c(F)c2)cn1. The van der Waals surface area contributed by atoms with E-state index in [0.29, 0.717) is 17.5 Å². The molecule has 2 unspecified atom stereocenters. The van der Waals surface area contributed by atoms with Crippen molar-refractivity contribution in [2.75, 3.05) is 0 Å². The molecule has 152 valence electrons. The molecule has 2 N–H and O–H groups in total. The number of carbonyl (C=O) groups excluding carboxylic acids is 1. The molecule has 29 heavy (non-hydrogen) atoms. The lowest BCUT2D eigenvalue weighted by Crippen LogP contribution is -2.50. The quantitative estimate of drug-likeness (QED) is 0.788. The molecule has 2 heterocycles. The summed E-state index contributed by atoms with van der Waals surface area (Å²) in [7, 11) is 0. The molecule has 7 heteroatoms. The standard InChI is InChI=1S/C22H26FN5O/c1-13(2)28-12-17(11-25-28)14-3-4-15(20(23)9-14)7-19(10-24)27-22(29)21-16-5-6-18(8-16)26-21/h3-4,9,11-13,16,18-19,21,26H,5-8H2,1-2H3,(H,27,29)/t16?,18-,19?,21+/m1/s1. The number of rotatable bonds is 6. The number of hydrogen-bond acceptors (Lipinski definition) is 4. The van der Waals surface area contributed by atoms with E-state index >= 15 is 0 Å². The van der Waals surface area contributed by atoms with Crippen molar-refractivity contribution in [1.29, 1.82) is 5.26 Å². The Balaban J connectivity index is 1.42. The molecule has 4 atom stereocenters. The summed E-state index contributed by atoms with van der Waals surface area (Å²) < 4.78 is 16.5. The molecule has 2 fully saturated rings. The van der Waals surface area contributed by atoms with Gasteiger partial charge in [0.05, 0.1) is 18.3 Å². The van der Waals surface area contributed by atoms with Gasteiger partial charge in [-0.15, -0.1) is 0 Å². The molecular weight excluding hydrogens is 369 g/mol. The van der Waals surface area contributed by atoms with E-state index in [1.165, 1.54) is 6.07 Å². The maximum Gasteiger partial charge on any atom is 0.238 e. The van der Waals surface area contributed by atoms with Crippen LogP contribution >= 0.6 is 0 Å². The first-order valence-corrected chi connectivity index (χ1v) is 10.2. The Morgan fingerprint density at radius 1 is 1.41 bits per heavy atom. The summed E-state index contributed by atoms with van der Waals surface area (Å²) in [5.41, 5.74) is 2.00. The van der Waals surface area contributed by atoms with Crippen molar-refractivity contribution in [3.8, 4) is 17.2 Å². The van der Waals surface area contributed by atoms with Crippen LogP contribution in [0.2, 0.25) is 0 Å². The zero-order valence-corrected chi connectivity index (χ0v) is 16.7. The summed E-state index contributed by atoms with van der Waals surface area (Å²) in [6.07, 6.45) is 6.94. The van der Waals surface area contributed by atoms with Crippen LogP contribution in [-0.4, -0.2) is 33.8 Å². The Hall–Kier alpha value is -2.72. The van der Waals surface area contributed by atoms with Gasteiger partial charge in [-0.1, -0.05) is 12.1 Å². The second kappa shape index (κ2) is 7.96. The topological polar surface area (TPSA) is 82.7 Å². The molecule has 6 nitrogen and oxygen atoms in total. The fraction of sp³-hybridized carbons (Fsp3) is 0.500. The molecule has 0 radical (unpaired) electrons. The highest BCUT2D eigenvalue weighted by atomic mass is 19.1. The van der Waals surface area contributed by atoms with E-state index < -0.39 is 6.04 Å². The highest BCUT2D eigenvalue weighted by Crippen LogP contribution is 2.35. The van der Waals surface area contributed by atoms with Gasteiger partial charge in [-0.2, -0.15) is 10.4 Å². The molecule has 1 aliphatic heterocycles. The van der Waals surface area contributed by atoms with E-state index in [4.69, 9.17) is 0 Å². The van der Waals surface area contributed by atoms with Crippen LogP contribution in [0, 0.1) is 23.1 Å². The Morgan fingerprint density at radius 3 is 2.83 bits per heavy atom. The molecule has 0 spiro atoms. The van der Waals surface area contributed by atoms with Crippen LogP contribution in [0.4, 0.5) is 4.39 Å². The monoisotopic (exact) mass is 395 g/mol. The molecular formula is C22H26FN5O. The normalized spacial score (nSPS) is 23.9. The van der Waals surface area contributed by atoms with Gasteiger partial charge in [0.1, 0.15) is 11.9 Å². The van der Waals surface area contributed by atoms with Crippen molar-refractivity contribution in [3.05, 3.63) is 42.0 Å². The third-order valence-electron chi connectivity index (χ3n) is 6.06. The Kier molecular flexibility index (Phi) is 5.37. The zero-order chi connectivity index (χ0) is 20.5. The Morgan fingerprint density at radius 2 is 2.24 bits per heavy atom. The molecule has 1 aliphatic carbocycles. The van der Waals surface area contributed by atoms with Crippen LogP contribution in [0.25, 0.3) is 11.1 Å². The molecule has 1 saturated carbocycles. The number of benzene rings is 1. The second-order valence-electron chi connectivity index (χ2n) is 8.42. The first-order valence-electron chi connectivity index (χ1n) is 10.2. The predicted octanol–water partition coefficient (Wildman–Crippen LogP) is 2.96. The predicted molar refractivity (Wildman–Crippen MR) is 107 cm³/mol. The smallest absolute Gasteiger partial charge is 0.238 e. The van der Waals surface area contributed by atoms with Gasteiger partial charge in [0.25, 0.3) is 0 Å². The van der Waals surface area contributed by atoms with E-state index in [1.54, 1.807) is 12.3 Å². The van der Waals surface area contributed by atoms with E-state index in [2.05, 4.69) is 21.8 Å². The summed E-state index contributed by atoms with van der Waals surface area (Å²) in [4.78, 5) is 12.5. The zero-order valence-electron chi connectivity index (χ0n) is 16.7. The fourth-order valence-electron chi connectivity index (χ4n) is 4.42. The lowest BCUT2D eigenvalue weighted by Gasteiger charge is -2.23. The lowest BCUT2D eigenvalue weighted by atomic mass is 9.98. The minimum atomic E-state index is -0.757. The number of nitrogens with zero attached hydrogens (tertiary/aromatic N) is 3. The number of aromatic nitrogens is 2.